The second kappa shape index (κ2) is 14.7. The van der Waals surface area contributed by atoms with E-state index in [1.807, 2.05) is 84.9 Å². The van der Waals surface area contributed by atoms with Crippen molar-refractivity contribution >= 4 is 0 Å². The van der Waals surface area contributed by atoms with Crippen LogP contribution in [0.5, 0.6) is 0 Å². The van der Waals surface area contributed by atoms with E-state index >= 15 is 0 Å². The van der Waals surface area contributed by atoms with Gasteiger partial charge in [0.15, 0.2) is 0 Å². The maximum atomic E-state index is 8.51. The summed E-state index contributed by atoms with van der Waals surface area (Å²) in [5.41, 5.74) is 5.43. The molecule has 1 radical (unpaired) electrons. The van der Waals surface area contributed by atoms with Crippen molar-refractivity contribution in [1.82, 2.24) is 9.97 Å². The molecule has 0 saturated carbocycles. The maximum Gasteiger partial charge on any atom is 0.0365 e. The molecule has 39 heavy (non-hydrogen) atoms. The van der Waals surface area contributed by atoms with E-state index in [-0.39, 0.29) is 20.1 Å². The van der Waals surface area contributed by atoms with Crippen LogP contribution in [0.1, 0.15) is 27.7 Å². The minimum absolute atomic E-state index is 0. The van der Waals surface area contributed by atoms with Crippen LogP contribution in [0.15, 0.2) is 146 Å². The molecule has 0 saturated heterocycles. The SMILES string of the molecule is [2H]C([2H])(c1ccccc1)c1cccnc1-c1[c-]cccc1.[2H]C([2H])(c1ccccc1)c1ccnc(-c2[c-]cccc2)c1.[Ir]. The molecule has 193 valence electrons. The van der Waals surface area contributed by atoms with Crippen molar-refractivity contribution in [3.8, 4) is 22.5 Å². The van der Waals surface area contributed by atoms with Crippen LogP contribution >= 0.6 is 0 Å². The Morgan fingerprint density at radius 3 is 1.79 bits per heavy atom. The molecule has 0 aliphatic rings. The number of nitrogens with zero attached hydrogens (tertiary/aromatic N) is 2. The second-order valence-electron chi connectivity index (χ2n) is 8.36. The van der Waals surface area contributed by atoms with Crippen LogP contribution in [0.25, 0.3) is 22.5 Å². The van der Waals surface area contributed by atoms with Gasteiger partial charge in [-0.15, -0.1) is 71.8 Å². The normalized spacial score (nSPS) is 12.3. The van der Waals surface area contributed by atoms with Gasteiger partial charge in [-0.05, 0) is 53.0 Å². The van der Waals surface area contributed by atoms with Gasteiger partial charge in [0.1, 0.15) is 0 Å². The first kappa shape index (κ1) is 22.8. The van der Waals surface area contributed by atoms with Crippen molar-refractivity contribution in [2.45, 2.75) is 12.7 Å². The average molecular weight is 685 g/mol. The fraction of sp³-hybridized carbons (Fsp3) is 0.0556. The predicted molar refractivity (Wildman–Crippen MR) is 156 cm³/mol. The molecule has 0 N–H and O–H groups in total. The number of benzene rings is 4. The summed E-state index contributed by atoms with van der Waals surface area (Å²) in [6.07, 6.45) is 0.176. The van der Waals surface area contributed by atoms with Gasteiger partial charge in [0.2, 0.25) is 0 Å². The van der Waals surface area contributed by atoms with Crippen molar-refractivity contribution < 1.29 is 25.6 Å². The summed E-state index contributed by atoms with van der Waals surface area (Å²) in [6, 6.07) is 46.7. The third kappa shape index (κ3) is 8.15. The molecule has 0 fully saturated rings. The third-order valence-electron chi connectivity index (χ3n) is 5.63. The van der Waals surface area contributed by atoms with Gasteiger partial charge in [-0.1, -0.05) is 78.4 Å². The van der Waals surface area contributed by atoms with Crippen LogP contribution in [-0.4, -0.2) is 9.97 Å². The fourth-order valence-corrected chi connectivity index (χ4v) is 3.83. The summed E-state index contributed by atoms with van der Waals surface area (Å²) in [5, 5.41) is 0. The van der Waals surface area contributed by atoms with E-state index in [2.05, 4.69) is 22.1 Å². The Labute approximate surface area is 250 Å². The first-order valence-electron chi connectivity index (χ1n) is 14.3. The molecular formula is C36H28IrN2-2. The first-order chi connectivity index (χ1) is 20.4. The van der Waals surface area contributed by atoms with Gasteiger partial charge in [-0.25, -0.2) is 0 Å². The van der Waals surface area contributed by atoms with Crippen LogP contribution in [-0.2, 0) is 32.9 Å². The van der Waals surface area contributed by atoms with Crippen molar-refractivity contribution in [2.24, 2.45) is 0 Å². The summed E-state index contributed by atoms with van der Waals surface area (Å²) in [6.45, 7) is 0. The topological polar surface area (TPSA) is 25.8 Å². The Hall–Kier alpha value is -4.17. The van der Waals surface area contributed by atoms with Crippen molar-refractivity contribution in [1.29, 1.82) is 0 Å². The third-order valence-corrected chi connectivity index (χ3v) is 5.63. The summed E-state index contributed by atoms with van der Waals surface area (Å²) in [4.78, 5) is 8.69. The van der Waals surface area contributed by atoms with Gasteiger partial charge in [0.25, 0.3) is 0 Å². The molecule has 0 aliphatic heterocycles. The summed E-state index contributed by atoms with van der Waals surface area (Å²) >= 11 is 0. The van der Waals surface area contributed by atoms with Gasteiger partial charge >= 0.3 is 0 Å². The molecule has 0 bridgehead atoms. The standard InChI is InChI=1S/2C18H14N.Ir/c1-3-8-15(9-4-1)14-17-12-7-13-19-18(17)16-10-5-2-6-11-16;1-3-7-15(8-4-1)13-16-11-12-19-18(14-16)17-9-5-2-6-10-17;/h1-10,12-13H,14H2;1-9,11-12,14H,13H2;/q2*-1;/i14D2;13D2;. The zero-order chi connectivity index (χ0) is 29.4. The Bertz CT molecular complexity index is 1720. The average Bonchev–Trinajstić information content (AvgIpc) is 3.07. The molecule has 6 aromatic rings. The predicted octanol–water partition coefficient (Wildman–Crippen LogP) is 8.28. The number of hydrogen-bond donors (Lipinski definition) is 0. The monoisotopic (exact) mass is 685 g/mol. The van der Waals surface area contributed by atoms with Crippen LogP contribution in [0.2, 0.25) is 0 Å². The minimum Gasteiger partial charge on any atom is -0.305 e. The Balaban J connectivity index is 0.000000192. The maximum absolute atomic E-state index is 8.51. The van der Waals surface area contributed by atoms with Crippen LogP contribution in [0.3, 0.4) is 0 Å². The van der Waals surface area contributed by atoms with E-state index in [9.17, 15) is 0 Å². The second-order valence-corrected chi connectivity index (χ2v) is 8.36. The first-order valence-corrected chi connectivity index (χ1v) is 12.3. The summed E-state index contributed by atoms with van der Waals surface area (Å²) < 4.78 is 33.8. The molecule has 2 nitrogen and oxygen atoms in total. The molecule has 2 aromatic heterocycles. The van der Waals surface area contributed by atoms with Crippen LogP contribution in [0, 0.1) is 12.1 Å². The summed E-state index contributed by atoms with van der Waals surface area (Å²) in [5.74, 6) is 0. The smallest absolute Gasteiger partial charge is 0.0365 e. The van der Waals surface area contributed by atoms with Gasteiger partial charge < -0.3 is 9.97 Å². The minimum atomic E-state index is -1.60. The van der Waals surface area contributed by atoms with Crippen LogP contribution in [0.4, 0.5) is 0 Å². The van der Waals surface area contributed by atoms with Gasteiger partial charge in [0.05, 0.1) is 0 Å². The van der Waals surface area contributed by atoms with E-state index in [1.165, 1.54) is 0 Å². The largest absolute Gasteiger partial charge is 0.305 e. The molecule has 2 heterocycles. The molecule has 0 atom stereocenters. The van der Waals surface area contributed by atoms with Crippen molar-refractivity contribution in [3.05, 3.63) is 180 Å². The molecule has 6 rings (SSSR count). The number of hydrogen-bond acceptors (Lipinski definition) is 2. The van der Waals surface area contributed by atoms with Crippen molar-refractivity contribution in [3.63, 3.8) is 0 Å². The Morgan fingerprint density at radius 2 is 1.15 bits per heavy atom. The van der Waals surface area contributed by atoms with Crippen LogP contribution < -0.4 is 0 Å². The van der Waals surface area contributed by atoms with Gasteiger partial charge in [-0.2, -0.15) is 0 Å². The molecule has 0 amide bonds. The molecule has 0 spiro atoms. The molecular weight excluding hydrogens is 653 g/mol. The fourth-order valence-electron chi connectivity index (χ4n) is 3.83. The van der Waals surface area contributed by atoms with Gasteiger partial charge in [-0.3, -0.25) is 0 Å². The Kier molecular flexibility index (Phi) is 8.58. The quantitative estimate of drug-likeness (QED) is 0.165. The Morgan fingerprint density at radius 1 is 0.538 bits per heavy atom. The van der Waals surface area contributed by atoms with Crippen molar-refractivity contribution in [2.75, 3.05) is 0 Å². The van der Waals surface area contributed by atoms with E-state index in [0.29, 0.717) is 27.9 Å². The zero-order valence-corrected chi connectivity index (χ0v) is 23.5. The van der Waals surface area contributed by atoms with E-state index in [4.69, 9.17) is 5.48 Å². The molecule has 0 unspecified atom stereocenters. The number of pyridine rings is 2. The molecule has 0 aliphatic carbocycles. The molecule has 4 aromatic carbocycles. The zero-order valence-electron chi connectivity index (χ0n) is 25.1. The van der Waals surface area contributed by atoms with E-state index in [0.717, 1.165) is 16.8 Å². The van der Waals surface area contributed by atoms with E-state index < -0.39 is 12.7 Å². The number of aromatic nitrogens is 2. The number of rotatable bonds is 6. The molecule has 3 heteroatoms. The van der Waals surface area contributed by atoms with Gasteiger partial charge in [0, 0.05) is 38.0 Å². The summed E-state index contributed by atoms with van der Waals surface area (Å²) in [7, 11) is 0. The van der Waals surface area contributed by atoms with E-state index in [1.54, 1.807) is 60.9 Å².